The molecule has 16 heavy (non-hydrogen) atoms. The molecule has 0 fully saturated rings. The molecule has 1 unspecified atom stereocenters. The predicted molar refractivity (Wildman–Crippen MR) is 65.2 cm³/mol. The molecule has 3 heteroatoms. The minimum absolute atomic E-state index is 0.120. The van der Waals surface area contributed by atoms with Gasteiger partial charge in [0.1, 0.15) is 5.75 Å². The standard InChI is InChI=1S/C13H21NO2/c1-4-8(2)13(16)11(14)10-7-5-6-9(3)12(10)15/h5-8,11,13,15-16H,4,14H2,1-3H3/t8?,11-,13+/m0/s1. The predicted octanol–water partition coefficient (Wildman–Crippen LogP) is 2.11. The van der Waals surface area contributed by atoms with E-state index in [1.54, 1.807) is 6.07 Å². The molecule has 0 aromatic heterocycles. The van der Waals surface area contributed by atoms with E-state index in [9.17, 15) is 10.2 Å². The van der Waals surface area contributed by atoms with Crippen LogP contribution in [0.25, 0.3) is 0 Å². The summed E-state index contributed by atoms with van der Waals surface area (Å²) in [6.45, 7) is 5.79. The smallest absolute Gasteiger partial charge is 0.123 e. The number of aliphatic hydroxyl groups excluding tert-OH is 1. The van der Waals surface area contributed by atoms with Crippen molar-refractivity contribution in [3.05, 3.63) is 29.3 Å². The first-order chi connectivity index (χ1) is 7.49. The largest absolute Gasteiger partial charge is 0.507 e. The summed E-state index contributed by atoms with van der Waals surface area (Å²) in [6.07, 6.45) is 0.235. The first kappa shape index (κ1) is 13.0. The van der Waals surface area contributed by atoms with E-state index in [0.29, 0.717) is 5.56 Å². The Balaban J connectivity index is 2.96. The Hall–Kier alpha value is -1.06. The molecular weight excluding hydrogens is 202 g/mol. The van der Waals surface area contributed by atoms with Crippen LogP contribution in [0.2, 0.25) is 0 Å². The van der Waals surface area contributed by atoms with Gasteiger partial charge in [0, 0.05) is 5.56 Å². The minimum atomic E-state index is -0.627. The van der Waals surface area contributed by atoms with Crippen LogP contribution in [0.1, 0.15) is 37.4 Å². The number of hydrogen-bond donors (Lipinski definition) is 3. The van der Waals surface area contributed by atoms with E-state index in [0.717, 1.165) is 12.0 Å². The van der Waals surface area contributed by atoms with Crippen LogP contribution in [0.15, 0.2) is 18.2 Å². The summed E-state index contributed by atoms with van der Waals surface area (Å²) in [5.74, 6) is 0.312. The maximum Gasteiger partial charge on any atom is 0.123 e. The van der Waals surface area contributed by atoms with Gasteiger partial charge < -0.3 is 15.9 Å². The topological polar surface area (TPSA) is 66.5 Å². The zero-order valence-corrected chi connectivity index (χ0v) is 10.1. The lowest BCUT2D eigenvalue weighted by Gasteiger charge is -2.25. The number of aromatic hydroxyl groups is 1. The average molecular weight is 223 g/mol. The third-order valence-electron chi connectivity index (χ3n) is 3.22. The highest BCUT2D eigenvalue weighted by Gasteiger charge is 2.24. The molecule has 0 spiro atoms. The third-order valence-corrected chi connectivity index (χ3v) is 3.22. The van der Waals surface area contributed by atoms with Gasteiger partial charge in [0.2, 0.25) is 0 Å². The summed E-state index contributed by atoms with van der Waals surface area (Å²) in [5.41, 5.74) is 7.37. The van der Waals surface area contributed by atoms with Crippen molar-refractivity contribution in [3.63, 3.8) is 0 Å². The van der Waals surface area contributed by atoms with Gasteiger partial charge in [-0.3, -0.25) is 0 Å². The van der Waals surface area contributed by atoms with Gasteiger partial charge in [-0.05, 0) is 18.4 Å². The SMILES string of the molecule is CCC(C)[C@@H](O)[C@@H](N)c1cccc(C)c1O. The molecule has 0 aliphatic rings. The second kappa shape index (κ2) is 5.32. The Labute approximate surface area is 96.9 Å². The molecule has 0 saturated carbocycles. The van der Waals surface area contributed by atoms with Crippen LogP contribution in [0.3, 0.4) is 0 Å². The molecule has 0 aliphatic carbocycles. The van der Waals surface area contributed by atoms with Gasteiger partial charge >= 0.3 is 0 Å². The molecule has 3 atom stereocenters. The second-order valence-electron chi connectivity index (χ2n) is 4.41. The summed E-state index contributed by atoms with van der Waals surface area (Å²) in [4.78, 5) is 0. The molecule has 0 radical (unpaired) electrons. The van der Waals surface area contributed by atoms with Crippen molar-refractivity contribution in [1.29, 1.82) is 0 Å². The van der Waals surface area contributed by atoms with Crippen LogP contribution in [-0.4, -0.2) is 16.3 Å². The van der Waals surface area contributed by atoms with Gasteiger partial charge in [-0.2, -0.15) is 0 Å². The van der Waals surface area contributed by atoms with Gasteiger partial charge in [-0.25, -0.2) is 0 Å². The fourth-order valence-electron chi connectivity index (χ4n) is 1.73. The number of nitrogens with two attached hydrogens (primary N) is 1. The van der Waals surface area contributed by atoms with E-state index in [4.69, 9.17) is 5.73 Å². The number of para-hydroxylation sites is 1. The highest BCUT2D eigenvalue weighted by Crippen LogP contribution is 2.30. The Morgan fingerprint density at radius 1 is 1.38 bits per heavy atom. The third kappa shape index (κ3) is 2.54. The number of phenolic OH excluding ortho intramolecular Hbond substituents is 1. The van der Waals surface area contributed by atoms with E-state index in [1.165, 1.54) is 0 Å². The molecule has 4 N–H and O–H groups in total. The van der Waals surface area contributed by atoms with E-state index in [2.05, 4.69) is 0 Å². The summed E-state index contributed by atoms with van der Waals surface area (Å²) in [5, 5.41) is 19.9. The van der Waals surface area contributed by atoms with E-state index in [1.807, 2.05) is 32.9 Å². The van der Waals surface area contributed by atoms with Crippen LogP contribution in [0.4, 0.5) is 0 Å². The first-order valence-corrected chi connectivity index (χ1v) is 5.71. The monoisotopic (exact) mass is 223 g/mol. The maximum atomic E-state index is 10.0. The first-order valence-electron chi connectivity index (χ1n) is 5.71. The van der Waals surface area contributed by atoms with E-state index < -0.39 is 12.1 Å². The maximum absolute atomic E-state index is 10.0. The van der Waals surface area contributed by atoms with Crippen LogP contribution >= 0.6 is 0 Å². The van der Waals surface area contributed by atoms with E-state index in [-0.39, 0.29) is 11.7 Å². The van der Waals surface area contributed by atoms with Gasteiger partial charge in [-0.1, -0.05) is 38.5 Å². The van der Waals surface area contributed by atoms with Crippen molar-refractivity contribution in [1.82, 2.24) is 0 Å². The van der Waals surface area contributed by atoms with Crippen molar-refractivity contribution < 1.29 is 10.2 Å². The van der Waals surface area contributed by atoms with Crippen LogP contribution in [-0.2, 0) is 0 Å². The fourth-order valence-corrected chi connectivity index (χ4v) is 1.73. The average Bonchev–Trinajstić information content (AvgIpc) is 2.29. The van der Waals surface area contributed by atoms with E-state index >= 15 is 0 Å². The molecule has 90 valence electrons. The number of aryl methyl sites for hydroxylation is 1. The fraction of sp³-hybridized carbons (Fsp3) is 0.538. The molecule has 0 saturated heterocycles. The lowest BCUT2D eigenvalue weighted by Crippen LogP contribution is -2.31. The van der Waals surface area contributed by atoms with Crippen molar-refractivity contribution in [2.45, 2.75) is 39.3 Å². The normalized spacial score (nSPS) is 16.8. The molecule has 1 aromatic carbocycles. The van der Waals surface area contributed by atoms with Gasteiger partial charge in [0.15, 0.2) is 0 Å². The molecular formula is C13H21NO2. The Morgan fingerprint density at radius 2 is 2.00 bits per heavy atom. The number of aliphatic hydroxyl groups is 1. The number of hydrogen-bond acceptors (Lipinski definition) is 3. The van der Waals surface area contributed by atoms with Crippen molar-refractivity contribution in [3.8, 4) is 5.75 Å². The molecule has 1 aromatic rings. The molecule has 0 bridgehead atoms. The van der Waals surface area contributed by atoms with Crippen molar-refractivity contribution >= 4 is 0 Å². The Bertz CT molecular complexity index is 352. The van der Waals surface area contributed by atoms with Crippen molar-refractivity contribution in [2.24, 2.45) is 11.7 Å². The van der Waals surface area contributed by atoms with Crippen LogP contribution in [0, 0.1) is 12.8 Å². The molecule has 1 rings (SSSR count). The summed E-state index contributed by atoms with van der Waals surface area (Å²) >= 11 is 0. The molecule has 3 nitrogen and oxygen atoms in total. The van der Waals surface area contributed by atoms with Crippen LogP contribution < -0.4 is 5.73 Å². The molecule has 0 heterocycles. The van der Waals surface area contributed by atoms with Gasteiger partial charge in [0.05, 0.1) is 12.1 Å². The summed E-state index contributed by atoms with van der Waals surface area (Å²) in [7, 11) is 0. The number of benzene rings is 1. The minimum Gasteiger partial charge on any atom is -0.507 e. The summed E-state index contributed by atoms with van der Waals surface area (Å²) < 4.78 is 0. The van der Waals surface area contributed by atoms with Gasteiger partial charge in [0.25, 0.3) is 0 Å². The van der Waals surface area contributed by atoms with Crippen LogP contribution in [0.5, 0.6) is 5.75 Å². The Kier molecular flexibility index (Phi) is 4.33. The lowest BCUT2D eigenvalue weighted by atomic mass is 9.90. The number of phenols is 1. The quantitative estimate of drug-likeness (QED) is 0.732. The summed E-state index contributed by atoms with van der Waals surface area (Å²) in [6, 6.07) is 4.89. The second-order valence-corrected chi connectivity index (χ2v) is 4.41. The number of rotatable bonds is 4. The zero-order chi connectivity index (χ0) is 12.3. The Morgan fingerprint density at radius 3 is 2.56 bits per heavy atom. The highest BCUT2D eigenvalue weighted by atomic mass is 16.3. The lowest BCUT2D eigenvalue weighted by molar-refractivity contribution is 0.0871. The zero-order valence-electron chi connectivity index (χ0n) is 10.1. The molecule has 0 amide bonds. The van der Waals surface area contributed by atoms with Crippen molar-refractivity contribution in [2.75, 3.05) is 0 Å². The molecule has 0 aliphatic heterocycles. The highest BCUT2D eigenvalue weighted by molar-refractivity contribution is 5.41. The van der Waals surface area contributed by atoms with Gasteiger partial charge in [-0.15, -0.1) is 0 Å².